The first-order valence-electron chi connectivity index (χ1n) is 7.64. The molecule has 2 aromatic carbocycles. The maximum Gasteiger partial charge on any atom is 0.149 e. The summed E-state index contributed by atoms with van der Waals surface area (Å²) in [6.45, 7) is 2.35. The molecular formula is C18H18FN3O2. The third kappa shape index (κ3) is 3.78. The second kappa shape index (κ2) is 7.23. The predicted octanol–water partition coefficient (Wildman–Crippen LogP) is 2.93. The van der Waals surface area contributed by atoms with Gasteiger partial charge in [-0.15, -0.1) is 0 Å². The third-order valence-corrected chi connectivity index (χ3v) is 3.55. The minimum absolute atomic E-state index is 0.147. The Morgan fingerprint density at radius 1 is 1.21 bits per heavy atom. The van der Waals surface area contributed by atoms with Crippen LogP contribution in [0.5, 0.6) is 5.75 Å². The lowest BCUT2D eigenvalue weighted by Crippen LogP contribution is -2.26. The van der Waals surface area contributed by atoms with Gasteiger partial charge in [-0.1, -0.05) is 18.2 Å². The van der Waals surface area contributed by atoms with Gasteiger partial charge in [0.05, 0.1) is 0 Å². The van der Waals surface area contributed by atoms with E-state index in [1.165, 1.54) is 12.4 Å². The number of aliphatic hydroxyl groups excluding tert-OH is 1. The minimum atomic E-state index is -0.732. The Bertz CT molecular complexity index is 841. The van der Waals surface area contributed by atoms with E-state index >= 15 is 0 Å². The van der Waals surface area contributed by atoms with Gasteiger partial charge >= 0.3 is 0 Å². The molecule has 0 aliphatic rings. The lowest BCUT2D eigenvalue weighted by Gasteiger charge is -2.14. The van der Waals surface area contributed by atoms with Gasteiger partial charge in [0.15, 0.2) is 0 Å². The number of para-hydroxylation sites is 1. The number of nitrogens with one attached hydrogen (secondary N) is 1. The molecule has 2 N–H and O–H groups in total. The number of nitrogens with zero attached hydrogens (tertiary/aromatic N) is 2. The van der Waals surface area contributed by atoms with E-state index in [9.17, 15) is 9.50 Å². The van der Waals surface area contributed by atoms with E-state index in [0.29, 0.717) is 17.0 Å². The molecule has 3 rings (SSSR count). The first-order chi connectivity index (χ1) is 11.6. The smallest absolute Gasteiger partial charge is 0.149 e. The van der Waals surface area contributed by atoms with Crippen molar-refractivity contribution in [2.24, 2.45) is 0 Å². The van der Waals surface area contributed by atoms with Crippen molar-refractivity contribution in [3.05, 3.63) is 60.2 Å². The lowest BCUT2D eigenvalue weighted by molar-refractivity contribution is 0.117. The number of ether oxygens (including phenoxy) is 1. The standard InChI is InChI=1S/C18H18FN3O2/c1-12-4-2-5-14(8-12)24-10-13(23)9-20-18-15-6-3-7-16(19)17(15)21-11-22-18/h2-8,11,13,23H,9-10H2,1H3,(H,20,21,22). The zero-order chi connectivity index (χ0) is 16.9. The van der Waals surface area contributed by atoms with Crippen LogP contribution < -0.4 is 10.1 Å². The Morgan fingerprint density at radius 2 is 2.04 bits per heavy atom. The fraction of sp³-hybridized carbons (Fsp3) is 0.222. The Kier molecular flexibility index (Phi) is 4.86. The molecule has 6 heteroatoms. The van der Waals surface area contributed by atoms with Crippen molar-refractivity contribution in [1.29, 1.82) is 0 Å². The van der Waals surface area contributed by atoms with Crippen LogP contribution in [0, 0.1) is 12.7 Å². The van der Waals surface area contributed by atoms with Crippen molar-refractivity contribution in [3.63, 3.8) is 0 Å². The second-order valence-corrected chi connectivity index (χ2v) is 5.52. The van der Waals surface area contributed by atoms with Crippen LogP contribution in [0.15, 0.2) is 48.8 Å². The van der Waals surface area contributed by atoms with Crippen LogP contribution in [0.2, 0.25) is 0 Å². The first-order valence-corrected chi connectivity index (χ1v) is 7.64. The average molecular weight is 327 g/mol. The number of anilines is 1. The predicted molar refractivity (Wildman–Crippen MR) is 90.7 cm³/mol. The number of rotatable bonds is 6. The monoisotopic (exact) mass is 327 g/mol. The largest absolute Gasteiger partial charge is 0.491 e. The zero-order valence-corrected chi connectivity index (χ0v) is 13.2. The molecule has 0 saturated heterocycles. The minimum Gasteiger partial charge on any atom is -0.491 e. The van der Waals surface area contributed by atoms with E-state index in [0.717, 1.165) is 5.56 Å². The summed E-state index contributed by atoms with van der Waals surface area (Å²) >= 11 is 0. The molecule has 0 fully saturated rings. The van der Waals surface area contributed by atoms with Gasteiger partial charge < -0.3 is 15.2 Å². The number of aliphatic hydroxyl groups is 1. The van der Waals surface area contributed by atoms with E-state index in [4.69, 9.17) is 4.74 Å². The number of aromatic nitrogens is 2. The lowest BCUT2D eigenvalue weighted by atomic mass is 10.2. The molecule has 0 bridgehead atoms. The van der Waals surface area contributed by atoms with Crippen molar-refractivity contribution < 1.29 is 14.2 Å². The number of benzene rings is 2. The normalized spacial score (nSPS) is 12.1. The van der Waals surface area contributed by atoms with Gasteiger partial charge in [-0.25, -0.2) is 14.4 Å². The fourth-order valence-electron chi connectivity index (χ4n) is 2.36. The molecule has 5 nitrogen and oxygen atoms in total. The molecule has 0 radical (unpaired) electrons. The summed E-state index contributed by atoms with van der Waals surface area (Å²) in [5, 5.41) is 13.7. The van der Waals surface area contributed by atoms with Crippen molar-refractivity contribution in [2.45, 2.75) is 13.0 Å². The molecule has 124 valence electrons. The number of hydrogen-bond acceptors (Lipinski definition) is 5. The molecule has 0 aliphatic heterocycles. The highest BCUT2D eigenvalue weighted by atomic mass is 19.1. The van der Waals surface area contributed by atoms with Gasteiger partial charge in [-0.05, 0) is 36.8 Å². The van der Waals surface area contributed by atoms with Crippen molar-refractivity contribution in [2.75, 3.05) is 18.5 Å². The summed E-state index contributed by atoms with van der Waals surface area (Å²) in [6.07, 6.45) is 0.563. The summed E-state index contributed by atoms with van der Waals surface area (Å²) in [5.74, 6) is 0.791. The molecule has 1 heterocycles. The van der Waals surface area contributed by atoms with Gasteiger partial charge in [0.1, 0.15) is 41.9 Å². The molecule has 24 heavy (non-hydrogen) atoms. The molecular weight excluding hydrogens is 309 g/mol. The average Bonchev–Trinajstić information content (AvgIpc) is 2.59. The Morgan fingerprint density at radius 3 is 2.88 bits per heavy atom. The molecule has 1 unspecified atom stereocenters. The molecule has 0 saturated carbocycles. The van der Waals surface area contributed by atoms with Crippen LogP contribution in [0.3, 0.4) is 0 Å². The van der Waals surface area contributed by atoms with E-state index < -0.39 is 11.9 Å². The van der Waals surface area contributed by atoms with Gasteiger partial charge in [0.25, 0.3) is 0 Å². The van der Waals surface area contributed by atoms with Crippen LogP contribution in [-0.4, -0.2) is 34.3 Å². The van der Waals surface area contributed by atoms with Crippen molar-refractivity contribution in [1.82, 2.24) is 9.97 Å². The Balaban J connectivity index is 1.60. The third-order valence-electron chi connectivity index (χ3n) is 3.55. The number of fused-ring (bicyclic) bond motifs is 1. The molecule has 1 aromatic heterocycles. The summed E-state index contributed by atoms with van der Waals surface area (Å²) in [4.78, 5) is 8.05. The van der Waals surface area contributed by atoms with Gasteiger partial charge in [0.2, 0.25) is 0 Å². The van der Waals surface area contributed by atoms with Crippen LogP contribution >= 0.6 is 0 Å². The maximum atomic E-state index is 13.7. The number of hydrogen-bond donors (Lipinski definition) is 2. The van der Waals surface area contributed by atoms with Gasteiger partial charge in [0, 0.05) is 11.9 Å². The highest BCUT2D eigenvalue weighted by Crippen LogP contribution is 2.21. The highest BCUT2D eigenvalue weighted by molar-refractivity contribution is 5.89. The molecule has 0 amide bonds. The van der Waals surface area contributed by atoms with Crippen LogP contribution in [0.4, 0.5) is 10.2 Å². The van der Waals surface area contributed by atoms with Crippen molar-refractivity contribution >= 4 is 16.7 Å². The van der Waals surface area contributed by atoms with Crippen LogP contribution in [0.1, 0.15) is 5.56 Å². The summed E-state index contributed by atoms with van der Waals surface area (Å²) in [6, 6.07) is 12.3. The second-order valence-electron chi connectivity index (χ2n) is 5.52. The van der Waals surface area contributed by atoms with Crippen LogP contribution in [-0.2, 0) is 0 Å². The summed E-state index contributed by atoms with van der Waals surface area (Å²) in [5.41, 5.74) is 1.34. The molecule has 0 aliphatic carbocycles. The number of aryl methyl sites for hydroxylation is 1. The Hall–Kier alpha value is -2.73. The van der Waals surface area contributed by atoms with E-state index in [1.807, 2.05) is 31.2 Å². The first kappa shape index (κ1) is 16.1. The van der Waals surface area contributed by atoms with Gasteiger partial charge in [-0.2, -0.15) is 0 Å². The quantitative estimate of drug-likeness (QED) is 0.729. The molecule has 0 spiro atoms. The van der Waals surface area contributed by atoms with E-state index in [2.05, 4.69) is 15.3 Å². The van der Waals surface area contributed by atoms with E-state index in [1.54, 1.807) is 12.1 Å². The molecule has 1 atom stereocenters. The van der Waals surface area contributed by atoms with Crippen LogP contribution in [0.25, 0.3) is 10.9 Å². The van der Waals surface area contributed by atoms with E-state index in [-0.39, 0.29) is 18.7 Å². The SMILES string of the molecule is Cc1cccc(OCC(O)CNc2ncnc3c(F)cccc23)c1. The zero-order valence-electron chi connectivity index (χ0n) is 13.2. The highest BCUT2D eigenvalue weighted by Gasteiger charge is 2.10. The maximum absolute atomic E-state index is 13.7. The summed E-state index contributed by atoms with van der Waals surface area (Å²) in [7, 11) is 0. The summed E-state index contributed by atoms with van der Waals surface area (Å²) < 4.78 is 19.3. The van der Waals surface area contributed by atoms with Crippen molar-refractivity contribution in [3.8, 4) is 5.75 Å². The van der Waals surface area contributed by atoms with Gasteiger partial charge in [-0.3, -0.25) is 0 Å². The Labute approximate surface area is 139 Å². The topological polar surface area (TPSA) is 67.3 Å². The molecule has 3 aromatic rings. The fourth-order valence-corrected chi connectivity index (χ4v) is 2.36. The number of halogens is 1.